The lowest BCUT2D eigenvalue weighted by Crippen LogP contribution is -2.04. The quantitative estimate of drug-likeness (QED) is 0.651. The predicted octanol–water partition coefficient (Wildman–Crippen LogP) is 3.09. The van der Waals surface area contributed by atoms with E-state index in [0.29, 0.717) is 0 Å². The van der Waals surface area contributed by atoms with Crippen LogP contribution in [0.3, 0.4) is 0 Å². The summed E-state index contributed by atoms with van der Waals surface area (Å²) in [6, 6.07) is 1.88. The highest BCUT2D eigenvalue weighted by Crippen LogP contribution is 2.10. The Hall–Kier alpha value is -0.640. The average molecular weight is 258 g/mol. The molecule has 0 aliphatic rings. The number of hydrogen-bond donors (Lipinski definition) is 1. The first kappa shape index (κ1) is 11.4. The summed E-state index contributed by atoms with van der Waals surface area (Å²) in [7, 11) is 0. The molecule has 0 unspecified atom stereocenters. The molecule has 0 spiro atoms. The van der Waals surface area contributed by atoms with Crippen LogP contribution in [0.1, 0.15) is 26.7 Å². The zero-order chi connectivity index (χ0) is 10.4. The van der Waals surface area contributed by atoms with Crippen LogP contribution in [0.15, 0.2) is 17.0 Å². The molecule has 1 aromatic rings. The second-order valence-corrected chi connectivity index (χ2v) is 4.50. The van der Waals surface area contributed by atoms with Crippen molar-refractivity contribution in [1.29, 1.82) is 0 Å². The molecule has 14 heavy (non-hydrogen) atoms. The first-order chi connectivity index (χ1) is 6.68. The van der Waals surface area contributed by atoms with E-state index >= 15 is 0 Å². The second kappa shape index (κ2) is 5.96. The Bertz CT molecular complexity index is 276. The van der Waals surface area contributed by atoms with Crippen molar-refractivity contribution in [3.8, 4) is 0 Å². The maximum Gasteiger partial charge on any atom is 0.130 e. The molecule has 1 aromatic heterocycles. The summed E-state index contributed by atoms with van der Waals surface area (Å²) in [5.74, 6) is 1.66. The van der Waals surface area contributed by atoms with Crippen LogP contribution >= 0.6 is 15.9 Å². The number of nitrogens with one attached hydrogen (secondary N) is 1. The minimum atomic E-state index is 0.772. The van der Waals surface area contributed by atoms with Crippen LogP contribution in [0.4, 0.5) is 5.82 Å². The standard InChI is InChI=1S/C10H16BrN3/c1-8(2)4-3-5-12-10-6-9(11)13-7-14-10/h6-8H,3-5H2,1-2H3,(H,12,13,14). The third-order valence-electron chi connectivity index (χ3n) is 1.90. The fourth-order valence-electron chi connectivity index (χ4n) is 1.16. The third-order valence-corrected chi connectivity index (χ3v) is 2.33. The molecule has 4 heteroatoms. The van der Waals surface area contributed by atoms with Crippen LogP contribution in [0.2, 0.25) is 0 Å². The molecule has 0 fully saturated rings. The maximum atomic E-state index is 4.10. The fraction of sp³-hybridized carbons (Fsp3) is 0.600. The molecule has 0 bridgehead atoms. The van der Waals surface area contributed by atoms with Gasteiger partial charge in [0.25, 0.3) is 0 Å². The Morgan fingerprint density at radius 3 is 2.86 bits per heavy atom. The van der Waals surface area contributed by atoms with Gasteiger partial charge in [0.15, 0.2) is 0 Å². The Kier molecular flexibility index (Phi) is 4.87. The van der Waals surface area contributed by atoms with Gasteiger partial charge in [-0.15, -0.1) is 0 Å². The molecular weight excluding hydrogens is 242 g/mol. The van der Waals surface area contributed by atoms with Crippen LogP contribution in [0.25, 0.3) is 0 Å². The van der Waals surface area contributed by atoms with Gasteiger partial charge in [-0.1, -0.05) is 13.8 Å². The van der Waals surface area contributed by atoms with Gasteiger partial charge in [0.1, 0.15) is 16.7 Å². The van der Waals surface area contributed by atoms with E-state index in [1.165, 1.54) is 12.8 Å². The van der Waals surface area contributed by atoms with E-state index in [1.54, 1.807) is 6.33 Å². The van der Waals surface area contributed by atoms with E-state index in [0.717, 1.165) is 22.9 Å². The van der Waals surface area contributed by atoms with E-state index in [9.17, 15) is 0 Å². The maximum absolute atomic E-state index is 4.10. The number of halogens is 1. The normalized spacial score (nSPS) is 10.6. The van der Waals surface area contributed by atoms with Crippen molar-refractivity contribution in [1.82, 2.24) is 9.97 Å². The van der Waals surface area contributed by atoms with Crippen molar-refractivity contribution >= 4 is 21.7 Å². The number of aromatic nitrogens is 2. The van der Waals surface area contributed by atoms with E-state index < -0.39 is 0 Å². The Labute approximate surface area is 93.5 Å². The van der Waals surface area contributed by atoms with Crippen molar-refractivity contribution in [3.05, 3.63) is 17.0 Å². The lowest BCUT2D eigenvalue weighted by molar-refractivity contribution is 0.566. The molecule has 0 aliphatic heterocycles. The molecule has 0 aromatic carbocycles. The Morgan fingerprint density at radius 2 is 2.21 bits per heavy atom. The van der Waals surface area contributed by atoms with Crippen LogP contribution < -0.4 is 5.32 Å². The van der Waals surface area contributed by atoms with Crippen molar-refractivity contribution < 1.29 is 0 Å². The van der Waals surface area contributed by atoms with Crippen molar-refractivity contribution in [3.63, 3.8) is 0 Å². The summed E-state index contributed by atoms with van der Waals surface area (Å²) in [5, 5.41) is 3.26. The zero-order valence-corrected chi connectivity index (χ0v) is 10.2. The fourth-order valence-corrected chi connectivity index (χ4v) is 1.47. The molecule has 0 saturated carbocycles. The van der Waals surface area contributed by atoms with E-state index in [4.69, 9.17) is 0 Å². The molecule has 0 aliphatic carbocycles. The number of hydrogen-bond acceptors (Lipinski definition) is 3. The molecule has 0 amide bonds. The second-order valence-electron chi connectivity index (χ2n) is 3.69. The van der Waals surface area contributed by atoms with E-state index in [2.05, 4.69) is 45.1 Å². The molecule has 1 heterocycles. The van der Waals surface area contributed by atoms with Crippen LogP contribution in [-0.4, -0.2) is 16.5 Å². The molecule has 3 nitrogen and oxygen atoms in total. The summed E-state index contributed by atoms with van der Waals surface area (Å²) < 4.78 is 0.818. The number of anilines is 1. The van der Waals surface area contributed by atoms with Gasteiger partial charge in [-0.25, -0.2) is 9.97 Å². The Balaban J connectivity index is 2.25. The van der Waals surface area contributed by atoms with Gasteiger partial charge in [0, 0.05) is 12.6 Å². The molecule has 1 rings (SSSR count). The lowest BCUT2D eigenvalue weighted by atomic mass is 10.1. The van der Waals surface area contributed by atoms with Crippen LogP contribution in [0, 0.1) is 5.92 Å². The largest absolute Gasteiger partial charge is 0.370 e. The molecular formula is C10H16BrN3. The Morgan fingerprint density at radius 1 is 1.43 bits per heavy atom. The third kappa shape index (κ3) is 4.56. The highest BCUT2D eigenvalue weighted by molar-refractivity contribution is 9.10. The van der Waals surface area contributed by atoms with Crippen molar-refractivity contribution in [2.45, 2.75) is 26.7 Å². The van der Waals surface area contributed by atoms with Crippen molar-refractivity contribution in [2.24, 2.45) is 5.92 Å². The van der Waals surface area contributed by atoms with Gasteiger partial charge in [0.2, 0.25) is 0 Å². The zero-order valence-electron chi connectivity index (χ0n) is 8.63. The summed E-state index contributed by atoms with van der Waals surface area (Å²) in [6.07, 6.45) is 3.98. The van der Waals surface area contributed by atoms with Gasteiger partial charge < -0.3 is 5.32 Å². The van der Waals surface area contributed by atoms with Gasteiger partial charge in [-0.3, -0.25) is 0 Å². The molecule has 1 N–H and O–H groups in total. The minimum Gasteiger partial charge on any atom is -0.370 e. The number of rotatable bonds is 5. The lowest BCUT2D eigenvalue weighted by Gasteiger charge is -2.06. The SMILES string of the molecule is CC(C)CCCNc1cc(Br)ncn1. The van der Waals surface area contributed by atoms with Gasteiger partial charge >= 0.3 is 0 Å². The minimum absolute atomic E-state index is 0.772. The monoisotopic (exact) mass is 257 g/mol. The summed E-state index contributed by atoms with van der Waals surface area (Å²) in [6.45, 7) is 5.45. The van der Waals surface area contributed by atoms with E-state index in [-0.39, 0.29) is 0 Å². The van der Waals surface area contributed by atoms with Gasteiger partial charge in [-0.2, -0.15) is 0 Å². The summed E-state index contributed by atoms with van der Waals surface area (Å²) >= 11 is 3.30. The van der Waals surface area contributed by atoms with Crippen molar-refractivity contribution in [2.75, 3.05) is 11.9 Å². The molecule has 0 radical (unpaired) electrons. The first-order valence-corrected chi connectivity index (χ1v) is 5.69. The van der Waals surface area contributed by atoms with Crippen LogP contribution in [-0.2, 0) is 0 Å². The topological polar surface area (TPSA) is 37.8 Å². The summed E-state index contributed by atoms with van der Waals surface area (Å²) in [4.78, 5) is 8.07. The predicted molar refractivity (Wildman–Crippen MR) is 62.3 cm³/mol. The molecule has 0 saturated heterocycles. The van der Waals surface area contributed by atoms with Gasteiger partial charge in [0.05, 0.1) is 0 Å². The van der Waals surface area contributed by atoms with Crippen LogP contribution in [0.5, 0.6) is 0 Å². The molecule has 78 valence electrons. The molecule has 0 atom stereocenters. The highest BCUT2D eigenvalue weighted by atomic mass is 79.9. The first-order valence-electron chi connectivity index (χ1n) is 4.90. The van der Waals surface area contributed by atoms with E-state index in [1.807, 2.05) is 6.07 Å². The smallest absolute Gasteiger partial charge is 0.130 e. The number of nitrogens with zero attached hydrogens (tertiary/aromatic N) is 2. The summed E-state index contributed by atoms with van der Waals surface area (Å²) in [5.41, 5.74) is 0. The highest BCUT2D eigenvalue weighted by Gasteiger charge is 1.96. The average Bonchev–Trinajstić information content (AvgIpc) is 2.12. The van der Waals surface area contributed by atoms with Gasteiger partial charge in [-0.05, 0) is 34.7 Å².